The first-order chi connectivity index (χ1) is 11.4. The summed E-state index contributed by atoms with van der Waals surface area (Å²) in [6.45, 7) is 8.59. The van der Waals surface area contributed by atoms with Gasteiger partial charge in [0.15, 0.2) is 5.69 Å². The van der Waals surface area contributed by atoms with Crippen LogP contribution in [0.2, 0.25) is 0 Å². The number of aryl methyl sites for hydroxylation is 1. The van der Waals surface area contributed by atoms with Crippen LogP contribution in [-0.2, 0) is 5.41 Å². The van der Waals surface area contributed by atoms with Crippen molar-refractivity contribution < 1.29 is 0 Å². The molecule has 0 aliphatic carbocycles. The molecule has 0 atom stereocenters. The Kier molecular flexibility index (Phi) is 3.94. The Morgan fingerprint density at radius 2 is 1.58 bits per heavy atom. The third kappa shape index (κ3) is 2.93. The number of hydrogen-bond donors (Lipinski definition) is 0. The van der Waals surface area contributed by atoms with Crippen molar-refractivity contribution in [1.82, 2.24) is 15.0 Å². The van der Waals surface area contributed by atoms with Crippen molar-refractivity contribution in [2.24, 2.45) is 0 Å². The molecule has 3 rings (SSSR count). The Hall–Kier alpha value is -2.93. The molecule has 0 amide bonds. The molecular weight excluding hydrogens is 296 g/mol. The van der Waals surface area contributed by atoms with Gasteiger partial charge in [-0.2, -0.15) is 5.26 Å². The Balaban J connectivity index is 2.11. The van der Waals surface area contributed by atoms with Gasteiger partial charge in [0.25, 0.3) is 0 Å². The lowest BCUT2D eigenvalue weighted by Gasteiger charge is -2.19. The topological polar surface area (TPSA) is 54.5 Å². The molecule has 0 unspecified atom stereocenters. The maximum Gasteiger partial charge on any atom is 0.191 e. The molecule has 0 saturated heterocycles. The van der Waals surface area contributed by atoms with Crippen LogP contribution in [-0.4, -0.2) is 15.0 Å². The van der Waals surface area contributed by atoms with Gasteiger partial charge in [-0.25, -0.2) is 4.68 Å². The van der Waals surface area contributed by atoms with E-state index in [4.69, 9.17) is 0 Å². The Morgan fingerprint density at radius 3 is 2.12 bits per heavy atom. The van der Waals surface area contributed by atoms with E-state index >= 15 is 0 Å². The van der Waals surface area contributed by atoms with Crippen LogP contribution >= 0.6 is 0 Å². The van der Waals surface area contributed by atoms with Crippen molar-refractivity contribution in [1.29, 1.82) is 5.26 Å². The maximum atomic E-state index is 9.38. The summed E-state index contributed by atoms with van der Waals surface area (Å²) in [5.74, 6) is 0. The van der Waals surface area contributed by atoms with Gasteiger partial charge in [-0.3, -0.25) is 0 Å². The minimum atomic E-state index is 0.0957. The van der Waals surface area contributed by atoms with E-state index in [1.807, 2.05) is 43.3 Å². The fourth-order valence-electron chi connectivity index (χ4n) is 2.61. The molecule has 0 spiro atoms. The molecule has 0 aliphatic rings. The largest absolute Gasteiger partial charge is 0.211 e. The van der Waals surface area contributed by atoms with Gasteiger partial charge in [-0.15, -0.1) is 5.10 Å². The Bertz CT molecular complexity index is 889. The highest BCUT2D eigenvalue weighted by molar-refractivity contribution is 5.67. The third-order valence-corrected chi connectivity index (χ3v) is 4.08. The molecule has 1 heterocycles. The lowest BCUT2D eigenvalue weighted by atomic mass is 9.87. The van der Waals surface area contributed by atoms with Crippen LogP contribution in [0.25, 0.3) is 16.9 Å². The molecule has 4 nitrogen and oxygen atoms in total. The van der Waals surface area contributed by atoms with Gasteiger partial charge in [-0.05, 0) is 30.0 Å². The highest BCUT2D eigenvalue weighted by Crippen LogP contribution is 2.27. The predicted molar refractivity (Wildman–Crippen MR) is 94.9 cm³/mol. The average Bonchev–Trinajstić information content (AvgIpc) is 2.99. The van der Waals surface area contributed by atoms with Gasteiger partial charge < -0.3 is 0 Å². The smallest absolute Gasteiger partial charge is 0.191 e. The van der Waals surface area contributed by atoms with Crippen LogP contribution in [0.1, 0.15) is 37.6 Å². The van der Waals surface area contributed by atoms with Crippen LogP contribution in [0.3, 0.4) is 0 Å². The van der Waals surface area contributed by atoms with E-state index in [0.717, 1.165) is 16.9 Å². The second-order valence-corrected chi connectivity index (χ2v) is 6.97. The molecule has 0 radical (unpaired) electrons. The van der Waals surface area contributed by atoms with Gasteiger partial charge in [-0.1, -0.05) is 67.9 Å². The Labute approximate surface area is 142 Å². The maximum absolute atomic E-state index is 9.38. The predicted octanol–water partition coefficient (Wildman–Crippen LogP) is 4.41. The van der Waals surface area contributed by atoms with Crippen LogP contribution in [0, 0.1) is 18.3 Å². The van der Waals surface area contributed by atoms with E-state index in [9.17, 15) is 5.26 Å². The van der Waals surface area contributed by atoms with Crippen LogP contribution in [0.5, 0.6) is 0 Å². The van der Waals surface area contributed by atoms with Gasteiger partial charge in [0, 0.05) is 5.56 Å². The number of aromatic nitrogens is 3. The van der Waals surface area contributed by atoms with Crippen LogP contribution in [0.15, 0.2) is 48.5 Å². The normalized spacial score (nSPS) is 11.3. The number of rotatable bonds is 2. The molecule has 1 aromatic heterocycles. The molecule has 2 aromatic carbocycles. The summed E-state index contributed by atoms with van der Waals surface area (Å²) in [6.07, 6.45) is 0. The highest BCUT2D eigenvalue weighted by Gasteiger charge is 2.17. The molecule has 0 N–H and O–H groups in total. The lowest BCUT2D eigenvalue weighted by Crippen LogP contribution is -2.11. The summed E-state index contributed by atoms with van der Waals surface area (Å²) in [5, 5.41) is 17.6. The summed E-state index contributed by atoms with van der Waals surface area (Å²) in [4.78, 5) is 0. The number of hydrogen-bond acceptors (Lipinski definition) is 3. The van der Waals surface area contributed by atoms with E-state index in [1.54, 1.807) is 4.68 Å². The number of nitrogens with zero attached hydrogens (tertiary/aromatic N) is 4. The van der Waals surface area contributed by atoms with Crippen LogP contribution in [0.4, 0.5) is 0 Å². The average molecular weight is 316 g/mol. The molecule has 120 valence electrons. The van der Waals surface area contributed by atoms with Crippen molar-refractivity contribution in [2.45, 2.75) is 33.1 Å². The zero-order valence-corrected chi connectivity index (χ0v) is 14.4. The second-order valence-electron chi connectivity index (χ2n) is 6.97. The quantitative estimate of drug-likeness (QED) is 0.703. The summed E-state index contributed by atoms with van der Waals surface area (Å²) in [6, 6.07) is 18.4. The first-order valence-electron chi connectivity index (χ1n) is 7.94. The van der Waals surface area contributed by atoms with Gasteiger partial charge in [0.1, 0.15) is 11.8 Å². The van der Waals surface area contributed by atoms with Crippen molar-refractivity contribution in [3.05, 3.63) is 65.4 Å². The zero-order valence-electron chi connectivity index (χ0n) is 14.4. The zero-order chi connectivity index (χ0) is 17.3. The summed E-state index contributed by atoms with van der Waals surface area (Å²) < 4.78 is 1.73. The standard InChI is InChI=1S/C20H20N4/c1-14-5-7-15(8-6-14)19-18(13-21)22-23-24(19)17-11-9-16(10-12-17)20(2,3)4/h5-12H,1-4H3. The van der Waals surface area contributed by atoms with Crippen molar-refractivity contribution in [3.63, 3.8) is 0 Å². The molecule has 0 aliphatic heterocycles. The molecule has 0 fully saturated rings. The molecule has 3 aromatic rings. The number of nitriles is 1. The first-order valence-corrected chi connectivity index (χ1v) is 7.94. The third-order valence-electron chi connectivity index (χ3n) is 4.08. The van der Waals surface area contributed by atoms with Crippen molar-refractivity contribution >= 4 is 0 Å². The van der Waals surface area contributed by atoms with Gasteiger partial charge >= 0.3 is 0 Å². The van der Waals surface area contributed by atoms with E-state index in [-0.39, 0.29) is 5.41 Å². The van der Waals surface area contributed by atoms with E-state index in [1.165, 1.54) is 11.1 Å². The van der Waals surface area contributed by atoms with E-state index < -0.39 is 0 Å². The van der Waals surface area contributed by atoms with Crippen LogP contribution < -0.4 is 0 Å². The SMILES string of the molecule is Cc1ccc(-c2c(C#N)nnn2-c2ccc(C(C)(C)C)cc2)cc1. The first kappa shape index (κ1) is 15.9. The van der Waals surface area contributed by atoms with Gasteiger partial charge in [0.05, 0.1) is 5.69 Å². The Morgan fingerprint density at radius 1 is 0.958 bits per heavy atom. The summed E-state index contributed by atoms with van der Waals surface area (Å²) in [5.41, 5.74) is 5.40. The van der Waals surface area contributed by atoms with E-state index in [0.29, 0.717) is 5.69 Å². The fraction of sp³-hybridized carbons (Fsp3) is 0.250. The lowest BCUT2D eigenvalue weighted by molar-refractivity contribution is 0.590. The fourth-order valence-corrected chi connectivity index (χ4v) is 2.61. The van der Waals surface area contributed by atoms with Crippen molar-refractivity contribution in [2.75, 3.05) is 0 Å². The van der Waals surface area contributed by atoms with E-state index in [2.05, 4.69) is 49.3 Å². The monoisotopic (exact) mass is 316 g/mol. The minimum Gasteiger partial charge on any atom is -0.211 e. The van der Waals surface area contributed by atoms with Crippen molar-refractivity contribution in [3.8, 4) is 23.0 Å². The van der Waals surface area contributed by atoms with Gasteiger partial charge in [0.2, 0.25) is 0 Å². The minimum absolute atomic E-state index is 0.0957. The summed E-state index contributed by atoms with van der Waals surface area (Å²) >= 11 is 0. The number of benzene rings is 2. The second kappa shape index (κ2) is 5.93. The summed E-state index contributed by atoms with van der Waals surface area (Å²) in [7, 11) is 0. The molecule has 0 bridgehead atoms. The molecule has 4 heteroatoms. The molecular formula is C20H20N4. The molecule has 0 saturated carbocycles. The molecule has 24 heavy (non-hydrogen) atoms. The highest BCUT2D eigenvalue weighted by atomic mass is 15.4.